The molecular weight excluding hydrogens is 404 g/mol. The average Bonchev–Trinajstić information content (AvgIpc) is 2.78. The molecule has 3 rings (SSSR count). The van der Waals surface area contributed by atoms with Crippen LogP contribution in [0, 0.1) is 5.92 Å². The average molecular weight is 424 g/mol. The Balaban J connectivity index is 1.74. The molecule has 2 unspecified atom stereocenters. The van der Waals surface area contributed by atoms with Gasteiger partial charge in [-0.1, -0.05) is 19.3 Å². The van der Waals surface area contributed by atoms with Crippen LogP contribution >= 0.6 is 43.2 Å². The largest absolute Gasteiger partial charge is 0.388 e. The van der Waals surface area contributed by atoms with Crippen LogP contribution in [-0.4, -0.2) is 17.3 Å². The Morgan fingerprint density at radius 1 is 1.30 bits per heavy atom. The number of ether oxygens (including phenoxy) is 1. The molecule has 2 heterocycles. The number of aliphatic hydroxyl groups is 1. The molecule has 20 heavy (non-hydrogen) atoms. The van der Waals surface area contributed by atoms with Gasteiger partial charge in [0.2, 0.25) is 0 Å². The molecule has 2 aliphatic rings. The first-order chi connectivity index (χ1) is 9.60. The summed E-state index contributed by atoms with van der Waals surface area (Å²) in [4.78, 5) is 0. The van der Waals surface area contributed by atoms with Crippen molar-refractivity contribution in [1.29, 1.82) is 0 Å². The highest BCUT2D eigenvalue weighted by Gasteiger charge is 2.41. The summed E-state index contributed by atoms with van der Waals surface area (Å²) in [7, 11) is 0. The molecule has 2 nitrogen and oxygen atoms in total. The first-order valence-corrected chi connectivity index (χ1v) is 9.77. The fraction of sp³-hybridized carbons (Fsp3) is 0.733. The molecule has 1 N–H and O–H groups in total. The van der Waals surface area contributed by atoms with Crippen LogP contribution in [-0.2, 0) is 4.74 Å². The van der Waals surface area contributed by atoms with E-state index in [1.807, 2.05) is 6.07 Å². The molecule has 0 bridgehead atoms. The Kier molecular flexibility index (Phi) is 4.93. The van der Waals surface area contributed by atoms with Gasteiger partial charge in [-0.15, -0.1) is 11.3 Å². The summed E-state index contributed by atoms with van der Waals surface area (Å²) in [6.07, 6.45) is 7.82. The molecule has 1 aliphatic heterocycles. The molecule has 5 heteroatoms. The van der Waals surface area contributed by atoms with Crippen molar-refractivity contribution in [3.63, 3.8) is 0 Å². The van der Waals surface area contributed by atoms with Crippen molar-refractivity contribution in [2.75, 3.05) is 6.61 Å². The lowest BCUT2D eigenvalue weighted by molar-refractivity contribution is -0.134. The summed E-state index contributed by atoms with van der Waals surface area (Å²) in [6, 6.07) is 2.04. The predicted octanol–water partition coefficient (Wildman–Crippen LogP) is 5.44. The lowest BCUT2D eigenvalue weighted by Gasteiger charge is -2.44. The molecule has 1 aromatic heterocycles. The van der Waals surface area contributed by atoms with Crippen molar-refractivity contribution in [2.24, 2.45) is 5.92 Å². The highest BCUT2D eigenvalue weighted by molar-refractivity contribution is 9.12. The van der Waals surface area contributed by atoms with Crippen LogP contribution in [0.3, 0.4) is 0 Å². The summed E-state index contributed by atoms with van der Waals surface area (Å²) in [5.74, 6) is 0.319. The van der Waals surface area contributed by atoms with Gasteiger partial charge in [0.1, 0.15) is 0 Å². The number of rotatable bonds is 2. The van der Waals surface area contributed by atoms with Crippen LogP contribution in [0.1, 0.15) is 56.6 Å². The van der Waals surface area contributed by atoms with E-state index in [0.717, 1.165) is 32.6 Å². The van der Waals surface area contributed by atoms with E-state index in [-0.39, 0.29) is 11.7 Å². The number of hydrogen-bond acceptors (Lipinski definition) is 3. The van der Waals surface area contributed by atoms with E-state index in [4.69, 9.17) is 4.74 Å². The molecule has 2 atom stereocenters. The molecule has 1 spiro atoms. The number of aliphatic hydroxyl groups excluding tert-OH is 1. The smallest absolute Gasteiger partial charge is 0.0839 e. The first-order valence-electron chi connectivity index (χ1n) is 7.36. The minimum atomic E-state index is -0.380. The molecule has 0 aromatic carbocycles. The molecule has 112 valence electrons. The standard InChI is InChI=1S/C15H20Br2O2S/c16-12-8-11(14(17)20-12)13(18)10-4-7-19-15(9-10)5-2-1-3-6-15/h8,10,13,18H,1-7,9H2. The van der Waals surface area contributed by atoms with E-state index in [1.54, 1.807) is 11.3 Å². The Hall–Kier alpha value is 0.580. The molecule has 1 aliphatic carbocycles. The number of hydrogen-bond donors (Lipinski definition) is 1. The summed E-state index contributed by atoms with van der Waals surface area (Å²) >= 11 is 8.70. The van der Waals surface area contributed by atoms with Crippen LogP contribution < -0.4 is 0 Å². The van der Waals surface area contributed by atoms with Crippen molar-refractivity contribution in [2.45, 2.75) is 56.7 Å². The minimum absolute atomic E-state index is 0.0574. The molecule has 0 amide bonds. The SMILES string of the molecule is OC(c1cc(Br)sc1Br)C1CCOC2(CCCCC2)C1. The predicted molar refractivity (Wildman–Crippen MR) is 89.2 cm³/mol. The van der Waals surface area contributed by atoms with E-state index in [9.17, 15) is 5.11 Å². The van der Waals surface area contributed by atoms with Crippen LogP contribution in [0.15, 0.2) is 13.6 Å². The van der Waals surface area contributed by atoms with Crippen molar-refractivity contribution >= 4 is 43.2 Å². The van der Waals surface area contributed by atoms with Crippen LogP contribution in [0.5, 0.6) is 0 Å². The fourth-order valence-corrected chi connectivity index (χ4v) is 6.60. The normalized spacial score (nSPS) is 27.6. The van der Waals surface area contributed by atoms with Gasteiger partial charge in [0.15, 0.2) is 0 Å². The zero-order valence-corrected chi connectivity index (χ0v) is 15.4. The Bertz CT molecular complexity index is 463. The minimum Gasteiger partial charge on any atom is -0.388 e. The first kappa shape index (κ1) is 15.5. The van der Waals surface area contributed by atoms with E-state index in [2.05, 4.69) is 31.9 Å². The maximum atomic E-state index is 10.8. The van der Waals surface area contributed by atoms with Crippen molar-refractivity contribution in [3.05, 3.63) is 19.2 Å². The summed E-state index contributed by atoms with van der Waals surface area (Å²) in [5, 5.41) is 10.8. The van der Waals surface area contributed by atoms with Crippen molar-refractivity contribution < 1.29 is 9.84 Å². The topological polar surface area (TPSA) is 29.5 Å². The van der Waals surface area contributed by atoms with Crippen LogP contribution in [0.2, 0.25) is 0 Å². The van der Waals surface area contributed by atoms with Gasteiger partial charge >= 0.3 is 0 Å². The summed E-state index contributed by atoms with van der Waals surface area (Å²) < 4.78 is 8.24. The van der Waals surface area contributed by atoms with Crippen LogP contribution in [0.4, 0.5) is 0 Å². The van der Waals surface area contributed by atoms with Crippen molar-refractivity contribution in [1.82, 2.24) is 0 Å². The lowest BCUT2D eigenvalue weighted by Crippen LogP contribution is -2.42. The van der Waals surface area contributed by atoms with E-state index < -0.39 is 0 Å². The second-order valence-corrected chi connectivity index (χ2v) is 9.82. The third kappa shape index (κ3) is 3.17. The molecular formula is C15H20Br2O2S. The maximum absolute atomic E-state index is 10.8. The van der Waals surface area contributed by atoms with E-state index >= 15 is 0 Å². The van der Waals surface area contributed by atoms with Gasteiger partial charge in [0, 0.05) is 12.2 Å². The Labute approximate surface area is 141 Å². The van der Waals surface area contributed by atoms with Gasteiger partial charge < -0.3 is 9.84 Å². The second-order valence-electron chi connectivity index (χ2n) is 6.07. The van der Waals surface area contributed by atoms with Gasteiger partial charge in [-0.25, -0.2) is 0 Å². The third-order valence-electron chi connectivity index (χ3n) is 4.74. The second kappa shape index (κ2) is 6.37. The zero-order valence-electron chi connectivity index (χ0n) is 11.4. The van der Waals surface area contributed by atoms with Gasteiger partial charge in [-0.05, 0) is 69.5 Å². The number of thiophene rings is 1. The zero-order chi connectivity index (χ0) is 14.2. The quantitative estimate of drug-likeness (QED) is 0.686. The van der Waals surface area contributed by atoms with Gasteiger partial charge in [0.25, 0.3) is 0 Å². The van der Waals surface area contributed by atoms with Gasteiger partial charge in [-0.3, -0.25) is 0 Å². The fourth-order valence-electron chi connectivity index (χ4n) is 3.69. The molecule has 1 saturated heterocycles. The molecule has 1 saturated carbocycles. The van der Waals surface area contributed by atoms with E-state index in [0.29, 0.717) is 5.92 Å². The highest BCUT2D eigenvalue weighted by atomic mass is 79.9. The summed E-state index contributed by atoms with van der Waals surface area (Å²) in [6.45, 7) is 0.796. The number of halogens is 2. The Morgan fingerprint density at radius 3 is 2.70 bits per heavy atom. The van der Waals surface area contributed by atoms with Gasteiger partial charge in [0.05, 0.1) is 19.3 Å². The maximum Gasteiger partial charge on any atom is 0.0839 e. The van der Waals surface area contributed by atoms with E-state index in [1.165, 1.54) is 32.1 Å². The van der Waals surface area contributed by atoms with Crippen LogP contribution in [0.25, 0.3) is 0 Å². The molecule has 2 fully saturated rings. The van der Waals surface area contributed by atoms with Gasteiger partial charge in [-0.2, -0.15) is 0 Å². The molecule has 1 aromatic rings. The third-order valence-corrected chi connectivity index (χ3v) is 7.13. The summed E-state index contributed by atoms with van der Waals surface area (Å²) in [5.41, 5.74) is 1.08. The monoisotopic (exact) mass is 422 g/mol. The highest BCUT2D eigenvalue weighted by Crippen LogP contribution is 2.46. The van der Waals surface area contributed by atoms with Crippen molar-refractivity contribution in [3.8, 4) is 0 Å². The molecule has 0 radical (unpaired) electrons. The lowest BCUT2D eigenvalue weighted by atomic mass is 9.74. The Morgan fingerprint density at radius 2 is 2.05 bits per heavy atom.